The summed E-state index contributed by atoms with van der Waals surface area (Å²) in [4.78, 5) is 27.1. The van der Waals surface area contributed by atoms with E-state index in [-0.39, 0.29) is 30.5 Å². The number of para-hydroxylation sites is 1. The summed E-state index contributed by atoms with van der Waals surface area (Å²) in [6, 6.07) is 18.0. The van der Waals surface area contributed by atoms with Gasteiger partial charge in [-0.2, -0.15) is 0 Å². The van der Waals surface area contributed by atoms with Crippen molar-refractivity contribution < 1.29 is 19.1 Å². The Kier molecular flexibility index (Phi) is 5.03. The van der Waals surface area contributed by atoms with Crippen LogP contribution in [-0.2, 0) is 9.53 Å². The average Bonchev–Trinajstić information content (AvgIpc) is 3.30. The van der Waals surface area contributed by atoms with Crippen LogP contribution in [0, 0.1) is 5.92 Å². The topological polar surface area (TPSA) is 55.8 Å². The molecule has 27 heavy (non-hydrogen) atoms. The maximum Gasteiger partial charge on any atom is 0.338 e. The van der Waals surface area contributed by atoms with Crippen LogP contribution in [0.1, 0.15) is 16.8 Å². The molecule has 2 unspecified atom stereocenters. The highest BCUT2D eigenvalue weighted by atomic mass is 16.5. The van der Waals surface area contributed by atoms with Gasteiger partial charge in [0.2, 0.25) is 0 Å². The Bertz CT molecular complexity index is 847. The highest BCUT2D eigenvalue weighted by molar-refractivity contribution is 5.89. The van der Waals surface area contributed by atoms with Gasteiger partial charge in [-0.05, 0) is 42.8 Å². The third-order valence-corrected chi connectivity index (χ3v) is 5.11. The van der Waals surface area contributed by atoms with Crippen LogP contribution >= 0.6 is 0 Å². The van der Waals surface area contributed by atoms with Crippen molar-refractivity contribution >= 4 is 11.9 Å². The van der Waals surface area contributed by atoms with Crippen molar-refractivity contribution in [2.75, 3.05) is 19.7 Å². The van der Waals surface area contributed by atoms with Gasteiger partial charge in [0.15, 0.2) is 0 Å². The normalized spacial score (nSPS) is 21.4. The van der Waals surface area contributed by atoms with Gasteiger partial charge in [0.25, 0.3) is 0 Å². The zero-order chi connectivity index (χ0) is 18.6. The Labute approximate surface area is 158 Å². The lowest BCUT2D eigenvalue weighted by Gasteiger charge is -2.23. The maximum absolute atomic E-state index is 12.7. The molecule has 1 saturated heterocycles. The molecule has 0 amide bonds. The summed E-state index contributed by atoms with van der Waals surface area (Å²) in [7, 11) is 0. The monoisotopic (exact) mass is 363 g/mol. The van der Waals surface area contributed by atoms with E-state index in [2.05, 4.69) is 11.0 Å². The molecule has 0 spiro atoms. The van der Waals surface area contributed by atoms with Crippen LogP contribution < -0.4 is 4.74 Å². The molecule has 2 atom stereocenters. The molecule has 2 aromatic carbocycles. The van der Waals surface area contributed by atoms with E-state index >= 15 is 0 Å². The molecule has 138 valence electrons. The average molecular weight is 363 g/mol. The molecule has 0 aromatic heterocycles. The third kappa shape index (κ3) is 3.78. The van der Waals surface area contributed by atoms with Crippen LogP contribution in [0.5, 0.6) is 5.75 Å². The van der Waals surface area contributed by atoms with Crippen LogP contribution in [0.3, 0.4) is 0 Å². The molecule has 0 saturated carbocycles. The van der Waals surface area contributed by atoms with Gasteiger partial charge in [0, 0.05) is 12.6 Å². The standard InChI is InChI=1S/C22H21NO4/c24-21(16-7-3-1-4-8-16)26-15-17-11-13-23-14-12-19(20(17)23)22(25)27-18-9-5-2-6-10-18/h1-11,19-20H,12-15H2. The SMILES string of the molecule is O=C(OCC1=CCN2CCC(C(=O)Oc3ccccc3)C12)c1ccccc1. The van der Waals surface area contributed by atoms with Gasteiger partial charge < -0.3 is 9.47 Å². The second-order valence-electron chi connectivity index (χ2n) is 6.79. The molecule has 0 radical (unpaired) electrons. The van der Waals surface area contributed by atoms with E-state index in [0.717, 1.165) is 25.1 Å². The minimum absolute atomic E-state index is 0.0511. The number of esters is 2. The summed E-state index contributed by atoms with van der Waals surface area (Å²) in [5.74, 6) is -0.262. The van der Waals surface area contributed by atoms with Gasteiger partial charge in [0.05, 0.1) is 11.5 Å². The van der Waals surface area contributed by atoms with Gasteiger partial charge >= 0.3 is 11.9 Å². The number of carbonyl (C=O) groups is 2. The fourth-order valence-electron chi connectivity index (χ4n) is 3.79. The quantitative estimate of drug-likeness (QED) is 0.464. The van der Waals surface area contributed by atoms with Crippen molar-refractivity contribution in [3.05, 3.63) is 77.9 Å². The van der Waals surface area contributed by atoms with Crippen molar-refractivity contribution in [1.29, 1.82) is 0 Å². The minimum atomic E-state index is -0.351. The molecule has 2 aliphatic heterocycles. The summed E-state index contributed by atoms with van der Waals surface area (Å²) in [6.07, 6.45) is 2.81. The van der Waals surface area contributed by atoms with Crippen molar-refractivity contribution in [2.24, 2.45) is 5.92 Å². The second-order valence-corrected chi connectivity index (χ2v) is 6.79. The first-order valence-electron chi connectivity index (χ1n) is 9.14. The molecule has 5 heteroatoms. The largest absolute Gasteiger partial charge is 0.458 e. The number of hydrogen-bond donors (Lipinski definition) is 0. The van der Waals surface area contributed by atoms with E-state index in [1.165, 1.54) is 0 Å². The van der Waals surface area contributed by atoms with Gasteiger partial charge in [-0.3, -0.25) is 9.69 Å². The number of rotatable bonds is 5. The fourth-order valence-corrected chi connectivity index (χ4v) is 3.79. The van der Waals surface area contributed by atoms with Crippen LogP contribution in [0.15, 0.2) is 72.3 Å². The molecule has 1 fully saturated rings. The maximum atomic E-state index is 12.7. The number of fused-ring (bicyclic) bond motifs is 1. The van der Waals surface area contributed by atoms with E-state index in [0.29, 0.717) is 11.3 Å². The smallest absolute Gasteiger partial charge is 0.338 e. The van der Waals surface area contributed by atoms with Crippen LogP contribution in [0.25, 0.3) is 0 Å². The third-order valence-electron chi connectivity index (χ3n) is 5.11. The summed E-state index contributed by atoms with van der Waals surface area (Å²) < 4.78 is 11.0. The van der Waals surface area contributed by atoms with E-state index in [1.54, 1.807) is 36.4 Å². The number of nitrogens with zero attached hydrogens (tertiary/aromatic N) is 1. The van der Waals surface area contributed by atoms with E-state index in [1.807, 2.05) is 24.3 Å². The highest BCUT2D eigenvalue weighted by Gasteiger charge is 2.44. The van der Waals surface area contributed by atoms with Crippen molar-refractivity contribution in [3.63, 3.8) is 0 Å². The minimum Gasteiger partial charge on any atom is -0.458 e. The Morgan fingerprint density at radius 1 is 1.00 bits per heavy atom. The van der Waals surface area contributed by atoms with E-state index in [9.17, 15) is 9.59 Å². The Hall–Kier alpha value is -2.92. The first kappa shape index (κ1) is 17.5. The Balaban J connectivity index is 1.40. The number of hydrogen-bond acceptors (Lipinski definition) is 5. The van der Waals surface area contributed by atoms with Crippen LogP contribution in [0.4, 0.5) is 0 Å². The van der Waals surface area contributed by atoms with Gasteiger partial charge in [-0.25, -0.2) is 4.79 Å². The molecule has 2 aliphatic rings. The molecule has 4 rings (SSSR count). The van der Waals surface area contributed by atoms with Crippen molar-refractivity contribution in [1.82, 2.24) is 4.90 Å². The molecule has 2 aromatic rings. The zero-order valence-electron chi connectivity index (χ0n) is 14.9. The summed E-state index contributed by atoms with van der Waals surface area (Å²) in [5, 5.41) is 0. The van der Waals surface area contributed by atoms with Crippen LogP contribution in [0.2, 0.25) is 0 Å². The first-order chi connectivity index (χ1) is 13.2. The molecule has 5 nitrogen and oxygen atoms in total. The molecule has 0 bridgehead atoms. The second kappa shape index (κ2) is 7.76. The lowest BCUT2D eigenvalue weighted by Crippen LogP contribution is -2.36. The molecule has 0 aliphatic carbocycles. The molecular weight excluding hydrogens is 342 g/mol. The lowest BCUT2D eigenvalue weighted by atomic mass is 9.95. The summed E-state index contributed by atoms with van der Waals surface area (Å²) in [5.41, 5.74) is 1.51. The molecule has 2 heterocycles. The van der Waals surface area contributed by atoms with Crippen molar-refractivity contribution in [3.8, 4) is 5.75 Å². The van der Waals surface area contributed by atoms with Crippen molar-refractivity contribution in [2.45, 2.75) is 12.5 Å². The van der Waals surface area contributed by atoms with E-state index in [4.69, 9.17) is 9.47 Å². The summed E-state index contributed by atoms with van der Waals surface area (Å²) in [6.45, 7) is 1.81. The first-order valence-corrected chi connectivity index (χ1v) is 9.14. The molecular formula is C22H21NO4. The lowest BCUT2D eigenvalue weighted by molar-refractivity contribution is -0.139. The Morgan fingerprint density at radius 3 is 2.44 bits per heavy atom. The number of ether oxygens (including phenoxy) is 2. The molecule has 0 N–H and O–H groups in total. The number of carbonyl (C=O) groups excluding carboxylic acids is 2. The predicted molar refractivity (Wildman–Crippen MR) is 100 cm³/mol. The van der Waals surface area contributed by atoms with E-state index < -0.39 is 0 Å². The number of benzene rings is 2. The predicted octanol–water partition coefficient (Wildman–Crippen LogP) is 3.08. The van der Waals surface area contributed by atoms with Gasteiger partial charge in [0.1, 0.15) is 12.4 Å². The highest BCUT2D eigenvalue weighted by Crippen LogP contribution is 2.35. The van der Waals surface area contributed by atoms with Gasteiger partial charge in [-0.1, -0.05) is 42.5 Å². The Morgan fingerprint density at radius 2 is 1.70 bits per heavy atom. The fraction of sp³-hybridized carbons (Fsp3) is 0.273. The summed E-state index contributed by atoms with van der Waals surface area (Å²) >= 11 is 0. The zero-order valence-corrected chi connectivity index (χ0v) is 14.9. The van der Waals surface area contributed by atoms with Gasteiger partial charge in [-0.15, -0.1) is 0 Å². The van der Waals surface area contributed by atoms with Crippen LogP contribution in [-0.4, -0.2) is 42.6 Å².